The SMILES string of the molecule is CCCN(CCC)C(=O)c1cc(C)cc(C(=O)N[C@@H](Cc2cc(F)cc(F)c2)C(N)COCc2cccc(OC)c2)c1. The Kier molecular flexibility index (Phi) is 12.4. The van der Waals surface area contributed by atoms with Crippen molar-refractivity contribution >= 4 is 11.8 Å². The zero-order chi connectivity index (χ0) is 30.6. The van der Waals surface area contributed by atoms with Gasteiger partial charge in [0.05, 0.1) is 26.4 Å². The number of hydrogen-bond donors (Lipinski definition) is 2. The van der Waals surface area contributed by atoms with Crippen LogP contribution in [0.2, 0.25) is 0 Å². The van der Waals surface area contributed by atoms with E-state index in [-0.39, 0.29) is 25.5 Å². The lowest BCUT2D eigenvalue weighted by Crippen LogP contribution is -2.51. The smallest absolute Gasteiger partial charge is 0.253 e. The molecule has 3 rings (SSSR count). The van der Waals surface area contributed by atoms with Crippen LogP contribution in [0.4, 0.5) is 8.78 Å². The van der Waals surface area contributed by atoms with E-state index in [1.54, 1.807) is 30.2 Å². The highest BCUT2D eigenvalue weighted by molar-refractivity contribution is 6.00. The third-order valence-electron chi connectivity index (χ3n) is 6.79. The van der Waals surface area contributed by atoms with E-state index in [0.29, 0.717) is 35.5 Å². The van der Waals surface area contributed by atoms with E-state index in [9.17, 15) is 18.4 Å². The van der Waals surface area contributed by atoms with Crippen molar-refractivity contribution in [3.63, 3.8) is 0 Å². The Balaban J connectivity index is 1.80. The number of halogens is 2. The van der Waals surface area contributed by atoms with Gasteiger partial charge >= 0.3 is 0 Å². The zero-order valence-corrected chi connectivity index (χ0v) is 24.8. The number of hydrogen-bond acceptors (Lipinski definition) is 5. The van der Waals surface area contributed by atoms with Crippen molar-refractivity contribution in [2.24, 2.45) is 5.73 Å². The Morgan fingerprint density at radius 1 is 0.929 bits per heavy atom. The highest BCUT2D eigenvalue weighted by Crippen LogP contribution is 2.17. The van der Waals surface area contributed by atoms with Crippen LogP contribution in [0.1, 0.15) is 64.1 Å². The second kappa shape index (κ2) is 16.0. The summed E-state index contributed by atoms with van der Waals surface area (Å²) in [5.74, 6) is -1.32. The Bertz CT molecular complexity index is 1320. The Hall–Kier alpha value is -3.82. The summed E-state index contributed by atoms with van der Waals surface area (Å²) in [6.45, 7) is 7.43. The van der Waals surface area contributed by atoms with Gasteiger partial charge in [-0.05, 0) is 85.3 Å². The lowest BCUT2D eigenvalue weighted by atomic mass is 9.98. The molecule has 2 atom stereocenters. The fraction of sp³-hybridized carbons (Fsp3) is 0.394. The molecule has 226 valence electrons. The maximum Gasteiger partial charge on any atom is 0.253 e. The summed E-state index contributed by atoms with van der Waals surface area (Å²) in [4.78, 5) is 28.5. The zero-order valence-electron chi connectivity index (χ0n) is 24.8. The predicted octanol–water partition coefficient (Wildman–Crippen LogP) is 5.43. The molecule has 1 unspecified atom stereocenters. The molecule has 9 heteroatoms. The fourth-order valence-corrected chi connectivity index (χ4v) is 4.81. The molecule has 0 aliphatic carbocycles. The maximum atomic E-state index is 14.0. The number of ether oxygens (including phenoxy) is 2. The number of nitrogens with zero attached hydrogens (tertiary/aromatic N) is 1. The predicted molar refractivity (Wildman–Crippen MR) is 160 cm³/mol. The third kappa shape index (κ3) is 9.63. The number of nitrogens with two attached hydrogens (primary N) is 1. The molecule has 0 aliphatic heterocycles. The summed E-state index contributed by atoms with van der Waals surface area (Å²) in [6.07, 6.45) is 1.72. The first-order valence-corrected chi connectivity index (χ1v) is 14.3. The van der Waals surface area contributed by atoms with Crippen LogP contribution in [0.5, 0.6) is 5.75 Å². The van der Waals surface area contributed by atoms with Crippen molar-refractivity contribution in [1.29, 1.82) is 0 Å². The number of benzene rings is 3. The van der Waals surface area contributed by atoms with Crippen molar-refractivity contribution in [2.75, 3.05) is 26.8 Å². The molecule has 0 spiro atoms. The topological polar surface area (TPSA) is 93.9 Å². The van der Waals surface area contributed by atoms with Crippen LogP contribution in [-0.2, 0) is 17.8 Å². The Morgan fingerprint density at radius 3 is 2.24 bits per heavy atom. The molecule has 0 aromatic heterocycles. The van der Waals surface area contributed by atoms with Crippen LogP contribution in [0.15, 0.2) is 60.7 Å². The van der Waals surface area contributed by atoms with E-state index in [0.717, 1.165) is 30.0 Å². The molecule has 0 aliphatic rings. The van der Waals surface area contributed by atoms with Crippen LogP contribution in [-0.4, -0.2) is 55.6 Å². The van der Waals surface area contributed by atoms with Gasteiger partial charge in [-0.2, -0.15) is 0 Å². The average Bonchev–Trinajstić information content (AvgIpc) is 2.95. The average molecular weight is 582 g/mol. The van der Waals surface area contributed by atoms with Gasteiger partial charge in [0.15, 0.2) is 0 Å². The van der Waals surface area contributed by atoms with Crippen LogP contribution in [0, 0.1) is 18.6 Å². The minimum Gasteiger partial charge on any atom is -0.497 e. The van der Waals surface area contributed by atoms with E-state index < -0.39 is 29.6 Å². The lowest BCUT2D eigenvalue weighted by molar-refractivity contribution is 0.0755. The van der Waals surface area contributed by atoms with Gasteiger partial charge in [-0.15, -0.1) is 0 Å². The molecule has 3 N–H and O–H groups in total. The normalized spacial score (nSPS) is 12.5. The van der Waals surface area contributed by atoms with Crippen molar-refractivity contribution in [1.82, 2.24) is 10.2 Å². The highest BCUT2D eigenvalue weighted by atomic mass is 19.1. The molecule has 0 radical (unpaired) electrons. The van der Waals surface area contributed by atoms with Crippen molar-refractivity contribution in [3.8, 4) is 5.75 Å². The first-order chi connectivity index (χ1) is 20.1. The van der Waals surface area contributed by atoms with Gasteiger partial charge in [0.1, 0.15) is 17.4 Å². The number of carbonyl (C=O) groups is 2. The summed E-state index contributed by atoms with van der Waals surface area (Å²) < 4.78 is 39.0. The summed E-state index contributed by atoms with van der Waals surface area (Å²) >= 11 is 0. The fourth-order valence-electron chi connectivity index (χ4n) is 4.81. The van der Waals surface area contributed by atoms with Gasteiger partial charge in [0, 0.05) is 36.3 Å². The molecule has 0 saturated carbocycles. The van der Waals surface area contributed by atoms with Crippen molar-refractivity contribution in [3.05, 3.63) is 100 Å². The molecule has 7 nitrogen and oxygen atoms in total. The first-order valence-electron chi connectivity index (χ1n) is 14.3. The number of aryl methyl sites for hydroxylation is 1. The minimum atomic E-state index is -0.722. The van der Waals surface area contributed by atoms with Crippen molar-refractivity contribution < 1.29 is 27.8 Å². The first kappa shape index (κ1) is 32.7. The molecule has 0 fully saturated rings. The summed E-state index contributed by atoms with van der Waals surface area (Å²) in [5, 5.41) is 2.93. The standard InChI is InChI=1S/C33H41F2N3O4/c1-5-10-38(11-6-2)33(40)26-13-22(3)12-25(18-26)32(39)37-31(17-24-14-27(34)19-28(35)15-24)30(36)21-42-20-23-8-7-9-29(16-23)41-4/h7-9,12-16,18-19,30-31H,5-6,10-11,17,20-21,36H2,1-4H3,(H,37,39)/t30?,31-/m0/s1. The molecule has 42 heavy (non-hydrogen) atoms. The van der Waals surface area contributed by atoms with Crippen LogP contribution < -0.4 is 15.8 Å². The van der Waals surface area contributed by atoms with E-state index in [1.807, 2.05) is 45.0 Å². The Morgan fingerprint density at radius 2 is 1.60 bits per heavy atom. The number of amides is 2. The number of rotatable bonds is 15. The number of carbonyl (C=O) groups excluding carboxylic acids is 2. The Labute approximate surface area is 247 Å². The number of methoxy groups -OCH3 is 1. The minimum absolute atomic E-state index is 0.0699. The summed E-state index contributed by atoms with van der Waals surface area (Å²) in [5.41, 5.74) is 9.20. The quantitative estimate of drug-likeness (QED) is 0.250. The molecule has 0 bridgehead atoms. The third-order valence-corrected chi connectivity index (χ3v) is 6.79. The molecule has 0 saturated heterocycles. The summed E-state index contributed by atoms with van der Waals surface area (Å²) in [6, 6.07) is 14.2. The van der Waals surface area contributed by atoms with Gasteiger partial charge in [-0.3, -0.25) is 9.59 Å². The van der Waals surface area contributed by atoms with E-state index >= 15 is 0 Å². The second-order valence-electron chi connectivity index (χ2n) is 10.5. The molecular formula is C33H41F2N3O4. The number of nitrogens with one attached hydrogen (secondary N) is 1. The molecule has 2 amide bonds. The molecular weight excluding hydrogens is 540 g/mol. The van der Waals surface area contributed by atoms with Gasteiger partial charge in [-0.1, -0.05) is 26.0 Å². The second-order valence-corrected chi connectivity index (χ2v) is 10.5. The van der Waals surface area contributed by atoms with E-state index in [4.69, 9.17) is 15.2 Å². The summed E-state index contributed by atoms with van der Waals surface area (Å²) in [7, 11) is 1.58. The molecule has 0 heterocycles. The molecule has 3 aromatic carbocycles. The molecule has 3 aromatic rings. The van der Waals surface area contributed by atoms with Crippen LogP contribution in [0.25, 0.3) is 0 Å². The maximum absolute atomic E-state index is 14.0. The van der Waals surface area contributed by atoms with Gasteiger partial charge < -0.3 is 25.4 Å². The van der Waals surface area contributed by atoms with Gasteiger partial charge in [0.2, 0.25) is 0 Å². The van der Waals surface area contributed by atoms with Crippen molar-refractivity contribution in [2.45, 2.75) is 58.7 Å². The van der Waals surface area contributed by atoms with Crippen LogP contribution >= 0.6 is 0 Å². The van der Waals surface area contributed by atoms with Gasteiger partial charge in [0.25, 0.3) is 11.8 Å². The van der Waals surface area contributed by atoms with Gasteiger partial charge in [-0.25, -0.2) is 8.78 Å². The van der Waals surface area contributed by atoms with E-state index in [1.165, 1.54) is 12.1 Å². The van der Waals surface area contributed by atoms with E-state index in [2.05, 4.69) is 5.32 Å². The monoisotopic (exact) mass is 581 g/mol. The lowest BCUT2D eigenvalue weighted by Gasteiger charge is -2.26. The largest absolute Gasteiger partial charge is 0.497 e. The highest BCUT2D eigenvalue weighted by Gasteiger charge is 2.24. The van der Waals surface area contributed by atoms with Crippen LogP contribution in [0.3, 0.4) is 0 Å².